The Morgan fingerprint density at radius 1 is 1.13 bits per heavy atom. The smallest absolute Gasteiger partial charge is 0.231 e. The molecule has 1 saturated heterocycles. The number of aryl methyl sites for hydroxylation is 1. The van der Waals surface area contributed by atoms with Gasteiger partial charge in [0.25, 0.3) is 0 Å². The minimum atomic E-state index is 0. The molecule has 9 heteroatoms. The first-order valence-electron chi connectivity index (χ1n) is 10.4. The highest BCUT2D eigenvalue weighted by molar-refractivity contribution is 14.0. The van der Waals surface area contributed by atoms with Gasteiger partial charge >= 0.3 is 0 Å². The number of guanidine groups is 1. The second-order valence-electron chi connectivity index (χ2n) is 7.43. The van der Waals surface area contributed by atoms with Crippen LogP contribution in [0, 0.1) is 6.92 Å². The molecule has 0 saturated carbocycles. The number of benzene rings is 1. The van der Waals surface area contributed by atoms with Gasteiger partial charge in [0, 0.05) is 43.0 Å². The Bertz CT molecular complexity index is 870. The van der Waals surface area contributed by atoms with Crippen LogP contribution < -0.4 is 20.1 Å². The zero-order valence-corrected chi connectivity index (χ0v) is 21.2. The number of nitrogens with zero attached hydrogens (tertiary/aromatic N) is 2. The summed E-state index contributed by atoms with van der Waals surface area (Å²) in [6.07, 6.45) is 0.883. The Kier molecular flexibility index (Phi) is 9.24. The number of ether oxygens (including phenoxy) is 3. The minimum Gasteiger partial charge on any atom is -0.454 e. The van der Waals surface area contributed by atoms with E-state index < -0.39 is 0 Å². The molecule has 1 aromatic heterocycles. The lowest BCUT2D eigenvalue weighted by molar-refractivity contribution is 0.0177. The van der Waals surface area contributed by atoms with Gasteiger partial charge in [0.2, 0.25) is 6.79 Å². The molecule has 1 unspecified atom stereocenters. The molecule has 2 aliphatic heterocycles. The summed E-state index contributed by atoms with van der Waals surface area (Å²) >= 11 is 1.87. The van der Waals surface area contributed by atoms with E-state index in [-0.39, 0.29) is 24.0 Å². The van der Waals surface area contributed by atoms with E-state index in [1.54, 1.807) is 0 Å². The Balaban J connectivity index is 0.00000272. The molecule has 31 heavy (non-hydrogen) atoms. The molecule has 170 valence electrons. The first-order chi connectivity index (χ1) is 14.7. The van der Waals surface area contributed by atoms with Crippen molar-refractivity contribution in [2.75, 3.05) is 53.2 Å². The molecule has 0 aliphatic carbocycles. The van der Waals surface area contributed by atoms with Crippen LogP contribution in [0.2, 0.25) is 0 Å². The predicted octanol–water partition coefficient (Wildman–Crippen LogP) is 3.18. The summed E-state index contributed by atoms with van der Waals surface area (Å²) in [5, 5.41) is 6.95. The van der Waals surface area contributed by atoms with Crippen molar-refractivity contribution in [1.29, 1.82) is 0 Å². The molecule has 1 fully saturated rings. The number of fused-ring (bicyclic) bond motifs is 1. The van der Waals surface area contributed by atoms with Gasteiger partial charge in [-0.25, -0.2) is 0 Å². The average molecular weight is 558 g/mol. The summed E-state index contributed by atoms with van der Waals surface area (Å²) in [5.41, 5.74) is 1.21. The monoisotopic (exact) mass is 558 g/mol. The van der Waals surface area contributed by atoms with Gasteiger partial charge in [0.05, 0.1) is 19.3 Å². The summed E-state index contributed by atoms with van der Waals surface area (Å²) < 4.78 is 16.4. The predicted molar refractivity (Wildman–Crippen MR) is 135 cm³/mol. The molecule has 0 radical (unpaired) electrons. The summed E-state index contributed by atoms with van der Waals surface area (Å²) in [7, 11) is 1.81. The molecule has 4 rings (SSSR count). The minimum absolute atomic E-state index is 0. The van der Waals surface area contributed by atoms with Gasteiger partial charge in [-0.05, 0) is 43.2 Å². The second kappa shape index (κ2) is 11.9. The third kappa shape index (κ3) is 6.47. The van der Waals surface area contributed by atoms with Crippen molar-refractivity contribution in [2.24, 2.45) is 4.99 Å². The van der Waals surface area contributed by atoms with Crippen molar-refractivity contribution >= 4 is 41.3 Å². The van der Waals surface area contributed by atoms with E-state index in [9.17, 15) is 0 Å². The number of halogens is 1. The molecule has 3 heterocycles. The molecular formula is C22H31IN4O3S. The van der Waals surface area contributed by atoms with Crippen molar-refractivity contribution in [1.82, 2.24) is 15.5 Å². The molecule has 2 aromatic rings. The van der Waals surface area contributed by atoms with Gasteiger partial charge < -0.3 is 24.8 Å². The molecule has 1 atom stereocenters. The molecule has 0 amide bonds. The third-order valence-electron chi connectivity index (χ3n) is 5.41. The van der Waals surface area contributed by atoms with E-state index in [0.717, 1.165) is 63.3 Å². The fraction of sp³-hybridized carbons (Fsp3) is 0.500. The van der Waals surface area contributed by atoms with E-state index in [1.165, 1.54) is 15.3 Å². The van der Waals surface area contributed by atoms with Crippen LogP contribution in [0.1, 0.15) is 21.4 Å². The summed E-state index contributed by atoms with van der Waals surface area (Å²) in [5.74, 6) is 2.47. The van der Waals surface area contributed by atoms with Crippen molar-refractivity contribution in [3.8, 4) is 11.5 Å². The Morgan fingerprint density at radius 2 is 1.94 bits per heavy atom. The molecule has 2 N–H and O–H groups in total. The van der Waals surface area contributed by atoms with Crippen LogP contribution in [0.3, 0.4) is 0 Å². The number of hydrogen-bond acceptors (Lipinski definition) is 6. The van der Waals surface area contributed by atoms with E-state index in [0.29, 0.717) is 12.8 Å². The van der Waals surface area contributed by atoms with E-state index >= 15 is 0 Å². The molecule has 1 aromatic carbocycles. The fourth-order valence-corrected chi connectivity index (χ4v) is 4.78. The highest BCUT2D eigenvalue weighted by atomic mass is 127. The summed E-state index contributed by atoms with van der Waals surface area (Å²) in [6, 6.07) is 10.9. The second-order valence-corrected chi connectivity index (χ2v) is 8.75. The van der Waals surface area contributed by atoms with Crippen molar-refractivity contribution in [2.45, 2.75) is 19.4 Å². The number of nitrogens with one attached hydrogen (secondary N) is 2. The van der Waals surface area contributed by atoms with Crippen LogP contribution in [0.5, 0.6) is 11.5 Å². The molecule has 0 bridgehead atoms. The SMILES string of the molecule is CN=C(NCCc1ccc2c(c1)OCO2)NCC(c1ccc(C)s1)N1CCOCC1.I. The van der Waals surface area contributed by atoms with Crippen LogP contribution in [0.4, 0.5) is 0 Å². The normalized spacial score (nSPS) is 17.2. The number of rotatable bonds is 7. The summed E-state index contributed by atoms with van der Waals surface area (Å²) in [4.78, 5) is 9.63. The highest BCUT2D eigenvalue weighted by Gasteiger charge is 2.24. The van der Waals surface area contributed by atoms with Crippen LogP contribution >= 0.6 is 35.3 Å². The molecule has 2 aliphatic rings. The van der Waals surface area contributed by atoms with E-state index in [2.05, 4.69) is 45.6 Å². The van der Waals surface area contributed by atoms with Crippen LogP contribution in [0.15, 0.2) is 35.3 Å². The summed E-state index contributed by atoms with van der Waals surface area (Å²) in [6.45, 7) is 7.57. The Hall–Kier alpha value is -1.56. The van der Waals surface area contributed by atoms with Gasteiger partial charge in [-0.3, -0.25) is 9.89 Å². The van der Waals surface area contributed by atoms with Gasteiger partial charge in [-0.1, -0.05) is 6.07 Å². The number of hydrogen-bond donors (Lipinski definition) is 2. The zero-order chi connectivity index (χ0) is 20.8. The van der Waals surface area contributed by atoms with Crippen molar-refractivity contribution in [3.05, 3.63) is 45.6 Å². The number of morpholine rings is 1. The third-order valence-corrected chi connectivity index (χ3v) is 6.51. The van der Waals surface area contributed by atoms with Crippen molar-refractivity contribution < 1.29 is 14.2 Å². The average Bonchev–Trinajstić information content (AvgIpc) is 3.42. The van der Waals surface area contributed by atoms with Crippen molar-refractivity contribution in [3.63, 3.8) is 0 Å². The maximum Gasteiger partial charge on any atom is 0.231 e. The van der Waals surface area contributed by atoms with Crippen LogP contribution in [-0.4, -0.2) is 64.1 Å². The zero-order valence-electron chi connectivity index (χ0n) is 18.1. The van der Waals surface area contributed by atoms with Gasteiger partial charge in [0.15, 0.2) is 17.5 Å². The van der Waals surface area contributed by atoms with Gasteiger partial charge in [-0.2, -0.15) is 0 Å². The Labute approximate surface area is 205 Å². The quantitative estimate of drug-likeness (QED) is 0.309. The lowest BCUT2D eigenvalue weighted by Gasteiger charge is -2.34. The maximum atomic E-state index is 5.55. The molecule has 0 spiro atoms. The number of aliphatic imine (C=N–C) groups is 1. The topological polar surface area (TPSA) is 67.4 Å². The van der Waals surface area contributed by atoms with E-state index in [1.807, 2.05) is 30.5 Å². The largest absolute Gasteiger partial charge is 0.454 e. The number of thiophene rings is 1. The highest BCUT2D eigenvalue weighted by Crippen LogP contribution is 2.32. The first-order valence-corrected chi connectivity index (χ1v) is 11.3. The molecular weight excluding hydrogens is 527 g/mol. The standard InChI is InChI=1S/C22H30N4O3S.HI/c1-16-3-6-21(30-16)18(26-9-11-27-12-10-26)14-25-22(23-2)24-8-7-17-4-5-19-20(13-17)29-15-28-19;/h3-6,13,18H,7-12,14-15H2,1-2H3,(H2,23,24,25);1H. The maximum absolute atomic E-state index is 5.55. The van der Waals surface area contributed by atoms with Crippen LogP contribution in [0.25, 0.3) is 0 Å². The van der Waals surface area contributed by atoms with Crippen LogP contribution in [-0.2, 0) is 11.2 Å². The molecule has 7 nitrogen and oxygen atoms in total. The lowest BCUT2D eigenvalue weighted by atomic mass is 10.1. The Morgan fingerprint density at radius 3 is 2.68 bits per heavy atom. The fourth-order valence-electron chi connectivity index (χ4n) is 3.77. The van der Waals surface area contributed by atoms with E-state index in [4.69, 9.17) is 14.2 Å². The first kappa shape index (κ1) is 24.1. The van der Waals surface area contributed by atoms with Gasteiger partial charge in [-0.15, -0.1) is 35.3 Å². The lowest BCUT2D eigenvalue weighted by Crippen LogP contribution is -2.46. The van der Waals surface area contributed by atoms with Gasteiger partial charge in [0.1, 0.15) is 0 Å².